The Labute approximate surface area is 860 Å². The molecule has 0 saturated heterocycles. The number of hydrogen-bond donors (Lipinski definition) is 0. The first-order valence-corrected chi connectivity index (χ1v) is 44.2. The van der Waals surface area contributed by atoms with Crippen LogP contribution in [0.4, 0.5) is 0 Å². The average Bonchev–Trinajstić information content (AvgIpc) is 1.56. The van der Waals surface area contributed by atoms with Crippen LogP contribution in [0.1, 0.15) is 238 Å². The molecule has 6 heterocycles. The van der Waals surface area contributed by atoms with E-state index in [-0.39, 0.29) is 123 Å². The summed E-state index contributed by atoms with van der Waals surface area (Å²) in [6.45, 7) is -1.87. The van der Waals surface area contributed by atoms with Crippen molar-refractivity contribution in [2.45, 2.75) is 200 Å². The monoisotopic (exact) mass is 2130 g/mol. The second kappa shape index (κ2) is 40.5. The SMILES string of the molecule is [2H]C([2H])([2H])c1c[c-]c(-c2ccc(C([2H])([2H])C(C)(C)C)cn2)cc1-c1ccccc1.[2H]C([2H])([2H])c1cc(C)c2c(c1)oc1c(-c3cc(-c4c(C)cc(-c5ccc(C6([2H])CCC(C)(C)CC6)cc5)cc4C([2H])([2H])[2H])c(C([2H])([2H])[2H])cn3)[c-]ccc12.[2H]C([2H])([2H])c1ccc(-c2[c-]cc(C([2H])([2H])[2H])c(-c3ccccc3)c2)nc1.[2H]C([2H])([2H])c1ccc2c(c1)oc1c(-c3cc(-c4c(C)cc(-c5ccc(C6([2H])CCC(C)(C)CC6)cc5)cc4C([2H])([2H])[2H])c(C([2H])([2H])[2H])cn3)[c-]ccc12.[Ir].[Ir]. The van der Waals surface area contributed by atoms with Crippen LogP contribution in [0.2, 0.25) is 0 Å². The number of hydrogen-bond acceptors (Lipinski definition) is 6. The molecule has 8 heteroatoms. The summed E-state index contributed by atoms with van der Waals surface area (Å²) < 4.78 is 266. The molecule has 2 radical (unpaired) electrons. The number of fused-ring (bicyclic) bond motifs is 6. The van der Waals surface area contributed by atoms with Gasteiger partial charge in [-0.1, -0.05) is 283 Å². The molecule has 6 aromatic heterocycles. The van der Waals surface area contributed by atoms with E-state index in [1.807, 2.05) is 155 Å². The number of benzene rings is 12. The summed E-state index contributed by atoms with van der Waals surface area (Å²) >= 11 is 0. The molecule has 0 aliphatic heterocycles. The van der Waals surface area contributed by atoms with Crippen molar-refractivity contribution in [1.82, 2.24) is 19.9 Å². The minimum atomic E-state index is -2.62. The van der Waals surface area contributed by atoms with Crippen LogP contribution >= 0.6 is 0 Å². The molecule has 0 amide bonds. The Balaban J connectivity index is 0.000000168. The van der Waals surface area contributed by atoms with Crippen LogP contribution in [0.15, 0.2) is 282 Å². The molecule has 20 rings (SSSR count). The summed E-state index contributed by atoms with van der Waals surface area (Å²) in [4.78, 5) is 17.7. The van der Waals surface area contributed by atoms with Gasteiger partial charge in [-0.15, -0.1) is 95.1 Å². The summed E-state index contributed by atoms with van der Waals surface area (Å²) in [5, 5.41) is 2.87. The Hall–Kier alpha value is -11.9. The molecule has 0 atom stereocenters. The third kappa shape index (κ3) is 21.7. The number of rotatable bonds is 13. The molecule has 133 heavy (non-hydrogen) atoms. The van der Waals surface area contributed by atoms with Crippen molar-refractivity contribution < 1.29 is 91.5 Å². The minimum absolute atomic E-state index is 0. The maximum absolute atomic E-state index is 9.20. The quantitative estimate of drug-likeness (QED) is 0.107. The van der Waals surface area contributed by atoms with E-state index >= 15 is 0 Å². The molecule has 0 unspecified atom stereocenters. The maximum atomic E-state index is 9.20. The zero-order valence-electron chi connectivity index (χ0n) is 107. The van der Waals surface area contributed by atoms with Gasteiger partial charge in [-0.25, -0.2) is 0 Å². The summed E-state index contributed by atoms with van der Waals surface area (Å²) in [7, 11) is 0. The maximum Gasteiger partial charge on any atom is 0.121 e. The van der Waals surface area contributed by atoms with Crippen molar-refractivity contribution in [2.24, 2.45) is 16.2 Å². The second-order valence-electron chi connectivity index (χ2n) is 36.9. The van der Waals surface area contributed by atoms with Gasteiger partial charge in [0.1, 0.15) is 11.2 Å². The van der Waals surface area contributed by atoms with Gasteiger partial charge in [0, 0.05) is 118 Å². The summed E-state index contributed by atoms with van der Waals surface area (Å²) in [5.74, 6) is -1.32. The molecule has 0 N–H and O–H groups in total. The summed E-state index contributed by atoms with van der Waals surface area (Å²) in [5.41, 5.74) is 17.1. The number of pyridine rings is 4. The van der Waals surface area contributed by atoms with Crippen LogP contribution in [-0.4, -0.2) is 19.9 Å². The van der Waals surface area contributed by atoms with Crippen molar-refractivity contribution >= 4 is 43.9 Å². The number of aryl methyl sites for hydroxylation is 12. The second-order valence-corrected chi connectivity index (χ2v) is 36.9. The molecule has 2 fully saturated rings. The Morgan fingerprint density at radius 2 is 0.812 bits per heavy atom. The van der Waals surface area contributed by atoms with Crippen LogP contribution in [0, 0.1) is 123 Å². The van der Waals surface area contributed by atoms with Gasteiger partial charge < -0.3 is 28.8 Å². The van der Waals surface area contributed by atoms with E-state index in [2.05, 4.69) is 71.9 Å². The molecule has 12 aromatic carbocycles. The molecule has 6 nitrogen and oxygen atoms in total. The van der Waals surface area contributed by atoms with Crippen molar-refractivity contribution in [1.29, 1.82) is 0 Å². The van der Waals surface area contributed by atoms with Gasteiger partial charge in [0.2, 0.25) is 0 Å². The topological polar surface area (TPSA) is 77.8 Å². The van der Waals surface area contributed by atoms with E-state index in [1.54, 1.807) is 111 Å². The van der Waals surface area contributed by atoms with E-state index in [4.69, 9.17) is 48.6 Å². The molecular formula is C125H122Ir2N4O2-4. The Morgan fingerprint density at radius 3 is 1.27 bits per heavy atom. The summed E-state index contributed by atoms with van der Waals surface area (Å²) in [6, 6.07) is 84.8. The molecule has 2 aliphatic rings. The standard InChI is InChI=1S/C42H42NO.C41H40NO.C23H24N.C19H16N.2Ir/c1-25-19-26(2)40-35-10-8-9-34(41(35)44-38(40)20-25)37-23-36(29(5)24-43-37)39-27(3)21-33(22-28(39)4)31-13-11-30(12-14-31)32-15-17-42(6,7)18-16-32;1-25-10-15-33-34-8-7-9-35(40(34)43-38(33)20-25)37-23-36(28(4)24-42-37)39-26(2)21-32(22-27(39)3)30-13-11-29(12-14-30)31-16-18-41(5,6)19-17-31;1-17-10-12-20(14-21(17)19-8-6-5-7-9-19)22-13-11-18(16-24-22)15-23(2,3)4;1-14-8-11-19(20-13-14)17-10-9-15(2)18(12-17)16-6-4-3-5-7-16;;/h8,10-14,19-24,32H,15-18H2,1-7H3;7-8,10-15,20-24,31H,16-19H2,1-6H3;5-11,13-14,16H,15H2,1-4H3;3-9,11-13H,1-2H3;;/q4*-1;;/i1D3,3D3,5D3,32D;1D3,2D3,4D3,31D;1D3,15D2;1D3,2D3;;. The predicted octanol–water partition coefficient (Wildman–Crippen LogP) is 34.6. The van der Waals surface area contributed by atoms with Gasteiger partial charge in [0.25, 0.3) is 0 Å². The molecule has 0 spiro atoms. The normalized spacial score (nSPS) is 18.6. The zero-order chi connectivity index (χ0) is 118. The smallest absolute Gasteiger partial charge is 0.121 e. The number of nitrogens with zero attached hydrogens (tertiary/aromatic N) is 4. The molecule has 0 bridgehead atoms. The van der Waals surface area contributed by atoms with Gasteiger partial charge in [-0.3, -0.25) is 0 Å². The van der Waals surface area contributed by atoms with Crippen molar-refractivity contribution in [2.75, 3.05) is 0 Å². The van der Waals surface area contributed by atoms with E-state index in [0.717, 1.165) is 101 Å². The fraction of sp³-hybridized carbons (Fsp3) is 0.264. The number of furan rings is 2. The van der Waals surface area contributed by atoms with Crippen LogP contribution in [-0.2, 0) is 46.6 Å². The first-order chi connectivity index (χ1) is 75.3. The molecule has 676 valence electrons. The van der Waals surface area contributed by atoms with E-state index < -0.39 is 85.2 Å². The molecular weight excluding hydrogens is 1970 g/mol. The third-order valence-electron chi connectivity index (χ3n) is 25.0. The average molecular weight is 2130 g/mol. The van der Waals surface area contributed by atoms with Gasteiger partial charge in [-0.2, -0.15) is 0 Å². The fourth-order valence-corrected chi connectivity index (χ4v) is 17.9. The van der Waals surface area contributed by atoms with Crippen molar-refractivity contribution in [3.05, 3.63) is 381 Å². The minimum Gasteiger partial charge on any atom is -0.501 e. The molecule has 2 aliphatic carbocycles. The van der Waals surface area contributed by atoms with Crippen LogP contribution in [0.25, 0.3) is 156 Å². The van der Waals surface area contributed by atoms with Crippen LogP contribution < -0.4 is 0 Å². The summed E-state index contributed by atoms with van der Waals surface area (Å²) in [6.07, 6.45) is 10.9. The van der Waals surface area contributed by atoms with Crippen LogP contribution in [0.5, 0.6) is 0 Å². The first-order valence-electron chi connectivity index (χ1n) is 59.7. The van der Waals surface area contributed by atoms with Crippen molar-refractivity contribution in [3.8, 4) is 112 Å². The largest absolute Gasteiger partial charge is 0.501 e. The molecule has 18 aromatic rings. The molecule has 2 saturated carbocycles. The van der Waals surface area contributed by atoms with E-state index in [9.17, 15) is 2.74 Å². The Bertz CT molecular complexity index is 8550. The van der Waals surface area contributed by atoms with Gasteiger partial charge in [-0.05, 0) is 317 Å². The van der Waals surface area contributed by atoms with E-state index in [1.165, 1.54) is 48.9 Å². The van der Waals surface area contributed by atoms with Gasteiger partial charge in [0.15, 0.2) is 0 Å². The van der Waals surface area contributed by atoms with Gasteiger partial charge >= 0.3 is 0 Å². The third-order valence-corrected chi connectivity index (χ3v) is 25.0. The number of aromatic nitrogens is 4. The van der Waals surface area contributed by atoms with Crippen molar-refractivity contribution in [3.63, 3.8) is 0 Å². The fourth-order valence-electron chi connectivity index (χ4n) is 17.9. The van der Waals surface area contributed by atoms with Gasteiger partial charge in [0.05, 0.1) is 11.2 Å². The first kappa shape index (κ1) is 63.3. The zero-order valence-corrected chi connectivity index (χ0v) is 80.7. The van der Waals surface area contributed by atoms with E-state index in [0.29, 0.717) is 117 Å². The Kier molecular flexibility index (Phi) is 19.3. The van der Waals surface area contributed by atoms with Crippen LogP contribution in [0.3, 0.4) is 0 Å². The predicted molar refractivity (Wildman–Crippen MR) is 551 cm³/mol. The Morgan fingerprint density at radius 1 is 0.368 bits per heavy atom.